The molecule has 2 heterocycles. The molecule has 0 radical (unpaired) electrons. The fourth-order valence-electron chi connectivity index (χ4n) is 3.01. The first kappa shape index (κ1) is 17.3. The number of H-pyrrole nitrogens is 1. The molecular weight excluding hydrogens is 323 g/mol. The number of aromatic nitrogens is 2. The summed E-state index contributed by atoms with van der Waals surface area (Å²) in [6.45, 7) is 4.67. The maximum Gasteiger partial charge on any atom is 0.263 e. The summed E-state index contributed by atoms with van der Waals surface area (Å²) in [5, 5.41) is 0. The van der Waals surface area contributed by atoms with Crippen molar-refractivity contribution in [2.45, 2.75) is 19.9 Å². The van der Waals surface area contributed by atoms with E-state index in [-0.39, 0.29) is 17.3 Å². The summed E-state index contributed by atoms with van der Waals surface area (Å²) in [5.74, 6) is -0.0353. The highest BCUT2D eigenvalue weighted by Crippen LogP contribution is 2.13. The molecule has 1 aliphatic heterocycles. The van der Waals surface area contributed by atoms with Crippen molar-refractivity contribution in [3.05, 3.63) is 63.6 Å². The number of hydrogen-bond acceptors (Lipinski definition) is 4. The lowest BCUT2D eigenvalue weighted by molar-refractivity contribution is 0.0758. The minimum Gasteiger partial charge on any atom is -0.337 e. The molecule has 2 aromatic rings. The fourth-order valence-corrected chi connectivity index (χ4v) is 3.01. The van der Waals surface area contributed by atoms with Gasteiger partial charge in [0.05, 0.1) is 0 Å². The third-order valence-corrected chi connectivity index (χ3v) is 4.38. The minimum absolute atomic E-state index is 0.0631. The van der Waals surface area contributed by atoms with E-state index < -0.39 is 5.56 Å². The van der Waals surface area contributed by atoms with Crippen LogP contribution in [0.3, 0.4) is 0 Å². The Labute approximate surface area is 145 Å². The van der Waals surface area contributed by atoms with E-state index in [1.54, 1.807) is 24.0 Å². The van der Waals surface area contributed by atoms with Gasteiger partial charge < -0.3 is 9.88 Å². The summed E-state index contributed by atoms with van der Waals surface area (Å²) < 4.78 is 13.8. The van der Waals surface area contributed by atoms with Crippen molar-refractivity contribution >= 4 is 5.91 Å². The Morgan fingerprint density at radius 2 is 2.04 bits per heavy atom. The van der Waals surface area contributed by atoms with E-state index in [4.69, 9.17) is 0 Å². The second-order valence-electron chi connectivity index (χ2n) is 6.22. The highest BCUT2D eigenvalue weighted by Gasteiger charge is 2.23. The van der Waals surface area contributed by atoms with Crippen LogP contribution < -0.4 is 5.56 Å². The van der Waals surface area contributed by atoms with Crippen LogP contribution in [0.15, 0.2) is 35.3 Å². The van der Waals surface area contributed by atoms with Gasteiger partial charge in [0.2, 0.25) is 0 Å². The molecule has 0 spiro atoms. The van der Waals surface area contributed by atoms with E-state index >= 15 is 0 Å². The second-order valence-corrected chi connectivity index (χ2v) is 6.22. The van der Waals surface area contributed by atoms with Gasteiger partial charge in [-0.3, -0.25) is 14.5 Å². The van der Waals surface area contributed by atoms with Crippen molar-refractivity contribution in [3.8, 4) is 0 Å². The number of rotatable bonds is 3. The molecule has 1 fully saturated rings. The van der Waals surface area contributed by atoms with Crippen molar-refractivity contribution in [1.29, 1.82) is 0 Å². The summed E-state index contributed by atoms with van der Waals surface area (Å²) in [4.78, 5) is 34.9. The number of aryl methyl sites for hydroxylation is 1. The highest BCUT2D eigenvalue weighted by atomic mass is 19.1. The van der Waals surface area contributed by atoms with Gasteiger partial charge in [0.1, 0.15) is 17.2 Å². The van der Waals surface area contributed by atoms with Crippen LogP contribution in [0.25, 0.3) is 0 Å². The molecule has 1 amide bonds. The number of nitrogens with one attached hydrogen (secondary N) is 1. The van der Waals surface area contributed by atoms with Crippen molar-refractivity contribution in [2.75, 3.05) is 26.2 Å². The zero-order valence-electron chi connectivity index (χ0n) is 14.2. The van der Waals surface area contributed by atoms with Crippen LogP contribution in [-0.2, 0) is 6.54 Å². The summed E-state index contributed by atoms with van der Waals surface area (Å²) in [6.07, 6.45) is 2.11. The van der Waals surface area contributed by atoms with Gasteiger partial charge in [0.25, 0.3) is 11.5 Å². The number of carbonyl (C=O) groups is 1. The van der Waals surface area contributed by atoms with Crippen LogP contribution in [-0.4, -0.2) is 51.9 Å². The number of nitrogens with zero attached hydrogens (tertiary/aromatic N) is 3. The first-order valence-electron chi connectivity index (χ1n) is 8.35. The molecule has 1 N–H and O–H groups in total. The molecule has 1 aromatic heterocycles. The molecule has 25 heavy (non-hydrogen) atoms. The summed E-state index contributed by atoms with van der Waals surface area (Å²) in [6, 6.07) is 6.73. The Bertz CT molecular complexity index is 821. The Balaban J connectivity index is 1.66. The summed E-state index contributed by atoms with van der Waals surface area (Å²) in [7, 11) is 0. The SMILES string of the molecule is Cc1ncc(C(=O)N2CCCN(Cc3ccccc3F)CC2)c(=O)[nH]1. The van der Waals surface area contributed by atoms with Crippen LogP contribution in [0.5, 0.6) is 0 Å². The number of amides is 1. The van der Waals surface area contributed by atoms with E-state index in [1.165, 1.54) is 12.3 Å². The monoisotopic (exact) mass is 344 g/mol. The van der Waals surface area contributed by atoms with Gasteiger partial charge in [-0.2, -0.15) is 0 Å². The second kappa shape index (κ2) is 7.57. The number of hydrogen-bond donors (Lipinski definition) is 1. The Morgan fingerprint density at radius 1 is 1.24 bits per heavy atom. The first-order valence-corrected chi connectivity index (χ1v) is 8.35. The van der Waals surface area contributed by atoms with Gasteiger partial charge in [-0.25, -0.2) is 9.37 Å². The topological polar surface area (TPSA) is 69.3 Å². The summed E-state index contributed by atoms with van der Waals surface area (Å²) in [5.41, 5.74) is 0.305. The Kier molecular flexibility index (Phi) is 5.23. The molecule has 0 atom stereocenters. The van der Waals surface area contributed by atoms with E-state index in [2.05, 4.69) is 14.9 Å². The maximum atomic E-state index is 13.8. The molecule has 132 valence electrons. The van der Waals surface area contributed by atoms with Crippen molar-refractivity contribution in [3.63, 3.8) is 0 Å². The van der Waals surface area contributed by atoms with Gasteiger partial charge in [-0.1, -0.05) is 18.2 Å². The molecule has 7 heteroatoms. The largest absolute Gasteiger partial charge is 0.337 e. The smallest absolute Gasteiger partial charge is 0.263 e. The molecular formula is C18H21FN4O2. The number of carbonyl (C=O) groups excluding carboxylic acids is 1. The van der Waals surface area contributed by atoms with Gasteiger partial charge in [-0.15, -0.1) is 0 Å². The zero-order chi connectivity index (χ0) is 17.8. The molecule has 1 aromatic carbocycles. The predicted molar refractivity (Wildman–Crippen MR) is 91.8 cm³/mol. The third kappa shape index (κ3) is 4.11. The Morgan fingerprint density at radius 3 is 2.80 bits per heavy atom. The van der Waals surface area contributed by atoms with E-state index in [9.17, 15) is 14.0 Å². The average molecular weight is 344 g/mol. The maximum absolute atomic E-state index is 13.8. The van der Waals surface area contributed by atoms with Gasteiger partial charge in [0, 0.05) is 44.5 Å². The van der Waals surface area contributed by atoms with Crippen molar-refractivity contribution < 1.29 is 9.18 Å². The van der Waals surface area contributed by atoms with E-state index in [0.29, 0.717) is 37.6 Å². The summed E-state index contributed by atoms with van der Waals surface area (Å²) >= 11 is 0. The van der Waals surface area contributed by atoms with Gasteiger partial charge >= 0.3 is 0 Å². The van der Waals surface area contributed by atoms with Gasteiger partial charge in [0.15, 0.2) is 0 Å². The van der Waals surface area contributed by atoms with E-state index in [0.717, 1.165) is 13.0 Å². The van der Waals surface area contributed by atoms with Gasteiger partial charge in [-0.05, 0) is 19.4 Å². The molecule has 0 aliphatic carbocycles. The number of halogens is 1. The third-order valence-electron chi connectivity index (χ3n) is 4.38. The first-order chi connectivity index (χ1) is 12.0. The molecule has 3 rings (SSSR count). The van der Waals surface area contributed by atoms with E-state index in [1.807, 2.05) is 6.07 Å². The predicted octanol–water partition coefficient (Wildman–Crippen LogP) is 1.57. The highest BCUT2D eigenvalue weighted by molar-refractivity contribution is 5.93. The molecule has 0 unspecified atom stereocenters. The Hall–Kier alpha value is -2.54. The molecule has 0 saturated carbocycles. The molecule has 0 bridgehead atoms. The lowest BCUT2D eigenvalue weighted by Gasteiger charge is -2.22. The lowest BCUT2D eigenvalue weighted by atomic mass is 10.2. The minimum atomic E-state index is -0.412. The van der Waals surface area contributed by atoms with Crippen molar-refractivity contribution in [2.24, 2.45) is 0 Å². The molecule has 6 nitrogen and oxygen atoms in total. The number of benzene rings is 1. The van der Waals surface area contributed by atoms with Crippen LogP contribution in [0.4, 0.5) is 4.39 Å². The quantitative estimate of drug-likeness (QED) is 0.918. The normalized spacial score (nSPS) is 15.8. The van der Waals surface area contributed by atoms with Crippen LogP contribution in [0.1, 0.15) is 28.2 Å². The van der Waals surface area contributed by atoms with Crippen LogP contribution >= 0.6 is 0 Å². The van der Waals surface area contributed by atoms with Crippen LogP contribution in [0.2, 0.25) is 0 Å². The fraction of sp³-hybridized carbons (Fsp3) is 0.389. The van der Waals surface area contributed by atoms with Crippen molar-refractivity contribution in [1.82, 2.24) is 19.8 Å². The number of aromatic amines is 1. The average Bonchev–Trinajstić information content (AvgIpc) is 2.82. The standard InChI is InChI=1S/C18H21FN4O2/c1-13-20-11-15(17(24)21-13)18(25)23-8-4-7-22(9-10-23)12-14-5-2-3-6-16(14)19/h2-3,5-6,11H,4,7-10,12H2,1H3,(H,20,21,24). The lowest BCUT2D eigenvalue weighted by Crippen LogP contribution is -2.38. The zero-order valence-corrected chi connectivity index (χ0v) is 14.2. The molecule has 1 saturated heterocycles. The molecule has 1 aliphatic rings. The van der Waals surface area contributed by atoms with Crippen LogP contribution in [0, 0.1) is 12.7 Å².